The van der Waals surface area contributed by atoms with E-state index in [9.17, 15) is 13.2 Å². The summed E-state index contributed by atoms with van der Waals surface area (Å²) in [4.78, 5) is 12.0. The summed E-state index contributed by atoms with van der Waals surface area (Å²) >= 11 is 0. The third-order valence-corrected chi connectivity index (χ3v) is 6.21. The van der Waals surface area contributed by atoms with Crippen LogP contribution in [-0.2, 0) is 21.2 Å². The second-order valence-electron chi connectivity index (χ2n) is 7.17. The van der Waals surface area contributed by atoms with Crippen LogP contribution in [0, 0.1) is 5.92 Å². The molecule has 0 aromatic heterocycles. The van der Waals surface area contributed by atoms with E-state index in [0.717, 1.165) is 29.5 Å². The van der Waals surface area contributed by atoms with Crippen LogP contribution in [0.15, 0.2) is 58.5 Å². The van der Waals surface area contributed by atoms with Crippen LogP contribution in [0.1, 0.15) is 30.9 Å². The van der Waals surface area contributed by atoms with Crippen molar-refractivity contribution in [2.45, 2.75) is 37.2 Å². The first-order chi connectivity index (χ1) is 13.3. The highest BCUT2D eigenvalue weighted by Crippen LogP contribution is 2.28. The minimum Gasteiger partial charge on any atom is -0.399 e. The summed E-state index contributed by atoms with van der Waals surface area (Å²) in [5, 5.41) is 6.61. The van der Waals surface area contributed by atoms with Crippen LogP contribution < -0.4 is 5.73 Å². The summed E-state index contributed by atoms with van der Waals surface area (Å²) in [5.74, 6) is 0.141. The highest BCUT2D eigenvalue weighted by molar-refractivity contribution is 7.90. The van der Waals surface area contributed by atoms with E-state index in [1.54, 1.807) is 24.3 Å². The fraction of sp³-hybridized carbons (Fsp3) is 0.333. The molecule has 2 aromatic carbocycles. The molecule has 0 aliphatic carbocycles. The Morgan fingerprint density at radius 2 is 1.79 bits per heavy atom. The number of hydrogen-bond donors (Lipinski definition) is 1. The molecule has 1 heterocycles. The standard InChI is InChI=1S/C21H25N3O3S/c1-3-16-12-19(14-25)24(13-15-4-8-18(22)9-5-15)23-21(16)17-6-10-20(11-7-17)28(2,26)27/h4-11,14,16,19H,3,12-13,22H2,1-2H3. The fourth-order valence-electron chi connectivity index (χ4n) is 3.43. The average Bonchev–Trinajstić information content (AvgIpc) is 2.69. The van der Waals surface area contributed by atoms with E-state index in [2.05, 4.69) is 6.92 Å². The average molecular weight is 400 g/mol. The quantitative estimate of drug-likeness (QED) is 0.595. The molecule has 2 unspecified atom stereocenters. The topological polar surface area (TPSA) is 92.8 Å². The number of hydrogen-bond acceptors (Lipinski definition) is 6. The second kappa shape index (κ2) is 8.14. The van der Waals surface area contributed by atoms with Crippen molar-refractivity contribution < 1.29 is 13.2 Å². The molecule has 2 atom stereocenters. The molecular weight excluding hydrogens is 374 g/mol. The molecule has 6 nitrogen and oxygen atoms in total. The summed E-state index contributed by atoms with van der Waals surface area (Å²) in [6.45, 7) is 2.58. The highest BCUT2D eigenvalue weighted by Gasteiger charge is 2.30. The molecule has 2 aromatic rings. The zero-order chi connectivity index (χ0) is 20.3. The molecule has 7 heteroatoms. The van der Waals surface area contributed by atoms with Gasteiger partial charge in [0, 0.05) is 17.9 Å². The zero-order valence-electron chi connectivity index (χ0n) is 16.1. The number of anilines is 1. The van der Waals surface area contributed by atoms with Crippen LogP contribution in [0.25, 0.3) is 0 Å². The lowest BCUT2D eigenvalue weighted by Gasteiger charge is -2.35. The molecule has 148 valence electrons. The number of benzene rings is 2. The fourth-order valence-corrected chi connectivity index (χ4v) is 4.06. The summed E-state index contributed by atoms with van der Waals surface area (Å²) in [7, 11) is -3.24. The van der Waals surface area contributed by atoms with Gasteiger partial charge in [0.2, 0.25) is 0 Å². The van der Waals surface area contributed by atoms with Crippen molar-refractivity contribution >= 4 is 27.5 Å². The number of nitrogens with zero attached hydrogens (tertiary/aromatic N) is 2. The molecular formula is C21H25N3O3S. The smallest absolute Gasteiger partial charge is 0.175 e. The van der Waals surface area contributed by atoms with Gasteiger partial charge in [0.05, 0.1) is 17.2 Å². The van der Waals surface area contributed by atoms with Crippen LogP contribution in [0.2, 0.25) is 0 Å². The minimum absolute atomic E-state index is 0.141. The first kappa shape index (κ1) is 20.1. The van der Waals surface area contributed by atoms with Gasteiger partial charge in [0.15, 0.2) is 9.84 Å². The molecule has 0 fully saturated rings. The Hall–Kier alpha value is -2.67. The number of aldehydes is 1. The van der Waals surface area contributed by atoms with Gasteiger partial charge in [0.25, 0.3) is 0 Å². The maximum atomic E-state index is 11.7. The van der Waals surface area contributed by atoms with Gasteiger partial charge in [-0.1, -0.05) is 31.2 Å². The Bertz CT molecular complexity index is 967. The molecule has 0 radical (unpaired) electrons. The van der Waals surface area contributed by atoms with Crippen LogP contribution in [-0.4, -0.2) is 37.7 Å². The second-order valence-corrected chi connectivity index (χ2v) is 9.18. The van der Waals surface area contributed by atoms with E-state index in [4.69, 9.17) is 10.8 Å². The SMILES string of the molecule is CCC1CC(C=O)N(Cc2ccc(N)cc2)N=C1c1ccc(S(C)(=O)=O)cc1. The molecule has 0 spiro atoms. The first-order valence-electron chi connectivity index (χ1n) is 9.27. The van der Waals surface area contributed by atoms with E-state index >= 15 is 0 Å². The van der Waals surface area contributed by atoms with Crippen molar-refractivity contribution in [2.75, 3.05) is 12.0 Å². The molecule has 0 bridgehead atoms. The van der Waals surface area contributed by atoms with E-state index < -0.39 is 9.84 Å². The van der Waals surface area contributed by atoms with Crippen molar-refractivity contribution in [1.82, 2.24) is 5.01 Å². The van der Waals surface area contributed by atoms with Gasteiger partial charge in [-0.15, -0.1) is 0 Å². The summed E-state index contributed by atoms with van der Waals surface area (Å²) in [6, 6.07) is 14.0. The predicted molar refractivity (Wildman–Crippen MR) is 111 cm³/mol. The molecule has 1 aliphatic heterocycles. The van der Waals surface area contributed by atoms with Crippen LogP contribution in [0.3, 0.4) is 0 Å². The molecule has 1 aliphatic rings. The van der Waals surface area contributed by atoms with Crippen molar-refractivity contribution in [2.24, 2.45) is 11.0 Å². The Balaban J connectivity index is 1.95. The largest absolute Gasteiger partial charge is 0.399 e. The van der Waals surface area contributed by atoms with Crippen molar-refractivity contribution in [3.05, 3.63) is 59.7 Å². The third kappa shape index (κ3) is 4.42. The van der Waals surface area contributed by atoms with Crippen LogP contribution in [0.5, 0.6) is 0 Å². The summed E-state index contributed by atoms with van der Waals surface area (Å²) in [5.41, 5.74) is 9.23. The van der Waals surface area contributed by atoms with Gasteiger partial charge in [-0.2, -0.15) is 5.10 Å². The summed E-state index contributed by atoms with van der Waals surface area (Å²) in [6.07, 6.45) is 3.68. The van der Waals surface area contributed by atoms with Crippen molar-refractivity contribution in [3.63, 3.8) is 0 Å². The van der Waals surface area contributed by atoms with E-state index in [1.165, 1.54) is 6.26 Å². The van der Waals surface area contributed by atoms with Gasteiger partial charge in [-0.3, -0.25) is 5.01 Å². The molecule has 28 heavy (non-hydrogen) atoms. The van der Waals surface area contributed by atoms with Gasteiger partial charge in [0.1, 0.15) is 12.3 Å². The minimum atomic E-state index is -3.24. The van der Waals surface area contributed by atoms with Gasteiger partial charge < -0.3 is 10.5 Å². The van der Waals surface area contributed by atoms with E-state index in [-0.39, 0.29) is 16.9 Å². The Morgan fingerprint density at radius 3 is 2.32 bits per heavy atom. The molecule has 0 saturated carbocycles. The predicted octanol–water partition coefficient (Wildman–Crippen LogP) is 2.88. The molecule has 0 saturated heterocycles. The molecule has 2 N–H and O–H groups in total. The Kier molecular flexibility index (Phi) is 5.84. The van der Waals surface area contributed by atoms with Crippen molar-refractivity contribution in [3.8, 4) is 0 Å². The van der Waals surface area contributed by atoms with E-state index in [0.29, 0.717) is 18.7 Å². The van der Waals surface area contributed by atoms with Crippen LogP contribution >= 0.6 is 0 Å². The number of nitrogens with two attached hydrogens (primary N) is 1. The van der Waals surface area contributed by atoms with E-state index in [1.807, 2.05) is 29.3 Å². The zero-order valence-corrected chi connectivity index (χ0v) is 16.9. The van der Waals surface area contributed by atoms with Gasteiger partial charge in [-0.05, 0) is 48.2 Å². The number of carbonyl (C=O) groups excluding carboxylic acids is 1. The lowest BCUT2D eigenvalue weighted by atomic mass is 9.87. The van der Waals surface area contributed by atoms with Gasteiger partial charge in [-0.25, -0.2) is 8.42 Å². The Labute approximate surface area is 166 Å². The normalized spacial score (nSPS) is 19.9. The lowest BCUT2D eigenvalue weighted by Crippen LogP contribution is -2.41. The highest BCUT2D eigenvalue weighted by atomic mass is 32.2. The van der Waals surface area contributed by atoms with Crippen molar-refractivity contribution in [1.29, 1.82) is 0 Å². The maximum absolute atomic E-state index is 11.7. The third-order valence-electron chi connectivity index (χ3n) is 5.08. The first-order valence-corrected chi connectivity index (χ1v) is 11.2. The number of sulfone groups is 1. The number of hydrazone groups is 1. The van der Waals surface area contributed by atoms with Crippen LogP contribution in [0.4, 0.5) is 5.69 Å². The Morgan fingerprint density at radius 1 is 1.14 bits per heavy atom. The summed E-state index contributed by atoms with van der Waals surface area (Å²) < 4.78 is 23.4. The number of nitrogen functional groups attached to an aromatic ring is 1. The maximum Gasteiger partial charge on any atom is 0.175 e. The molecule has 3 rings (SSSR count). The number of rotatable bonds is 6. The monoisotopic (exact) mass is 399 g/mol. The van der Waals surface area contributed by atoms with Gasteiger partial charge >= 0.3 is 0 Å². The molecule has 0 amide bonds. The number of carbonyl (C=O) groups is 1. The lowest BCUT2D eigenvalue weighted by molar-refractivity contribution is -0.113.